The van der Waals surface area contributed by atoms with Crippen molar-refractivity contribution in [1.82, 2.24) is 0 Å². The molecule has 0 saturated heterocycles. The minimum absolute atomic E-state index is 0.00123. The molecule has 0 aromatic heterocycles. The molecule has 0 aliphatic heterocycles. The van der Waals surface area contributed by atoms with Crippen LogP contribution in [0.5, 0.6) is 0 Å². The van der Waals surface area contributed by atoms with Gasteiger partial charge in [0.15, 0.2) is 5.76 Å². The molecule has 0 N–H and O–H groups in total. The number of ether oxygens (including phenoxy) is 3. The fraction of sp³-hybridized carbons (Fsp3) is 0.667. The van der Waals surface area contributed by atoms with Gasteiger partial charge in [-0.3, -0.25) is 0 Å². The number of esters is 1. The zero-order valence-corrected chi connectivity index (χ0v) is 9.01. The van der Waals surface area contributed by atoms with E-state index in [0.717, 1.165) is 0 Å². The Morgan fingerprint density at radius 2 is 2.00 bits per heavy atom. The van der Waals surface area contributed by atoms with Gasteiger partial charge in [-0.15, -0.1) is 11.6 Å². The van der Waals surface area contributed by atoms with Gasteiger partial charge in [0.25, 0.3) is 0 Å². The van der Waals surface area contributed by atoms with Gasteiger partial charge in [-0.1, -0.05) is 0 Å². The second-order valence-corrected chi connectivity index (χ2v) is 2.67. The van der Waals surface area contributed by atoms with Gasteiger partial charge in [-0.05, 0) is 13.5 Å². The highest BCUT2D eigenvalue weighted by Crippen LogP contribution is 1.96. The minimum Gasteiger partial charge on any atom is -0.485 e. The second kappa shape index (κ2) is 8.84. The number of carbonyl (C=O) groups excluding carboxylic acids is 1. The summed E-state index contributed by atoms with van der Waals surface area (Å²) >= 11 is 5.38. The van der Waals surface area contributed by atoms with Crippen molar-refractivity contribution in [3.63, 3.8) is 0 Å². The molecule has 0 fully saturated rings. The summed E-state index contributed by atoms with van der Waals surface area (Å²) in [5.41, 5.74) is 0. The van der Waals surface area contributed by atoms with Crippen molar-refractivity contribution in [2.75, 3.05) is 32.3 Å². The van der Waals surface area contributed by atoms with Crippen molar-refractivity contribution in [1.29, 1.82) is 0 Å². The lowest BCUT2D eigenvalue weighted by Crippen LogP contribution is -2.12. The van der Waals surface area contributed by atoms with Gasteiger partial charge in [0.05, 0.1) is 19.8 Å². The molecular weight excluding hydrogens is 208 g/mol. The number of carbonyl (C=O) groups is 1. The van der Waals surface area contributed by atoms with Crippen molar-refractivity contribution in [2.24, 2.45) is 0 Å². The maximum Gasteiger partial charge on any atom is 0.372 e. The van der Waals surface area contributed by atoms with Gasteiger partial charge >= 0.3 is 5.97 Å². The van der Waals surface area contributed by atoms with Gasteiger partial charge in [-0.2, -0.15) is 0 Å². The average molecular weight is 223 g/mol. The standard InChI is InChI=1S/C9H15ClO4/c1-3-13-9(11)8(2)14-7-6-12-5-4-10/h2-7H2,1H3. The van der Waals surface area contributed by atoms with Gasteiger partial charge in [0.2, 0.25) is 0 Å². The van der Waals surface area contributed by atoms with Crippen molar-refractivity contribution in [3.8, 4) is 0 Å². The topological polar surface area (TPSA) is 44.8 Å². The molecule has 0 rings (SSSR count). The first-order chi connectivity index (χ1) is 6.72. The van der Waals surface area contributed by atoms with Gasteiger partial charge < -0.3 is 14.2 Å². The fourth-order valence-corrected chi connectivity index (χ4v) is 0.760. The molecule has 0 aromatic carbocycles. The lowest BCUT2D eigenvalue weighted by molar-refractivity contribution is -0.142. The predicted molar refractivity (Wildman–Crippen MR) is 53.3 cm³/mol. The normalized spacial score (nSPS) is 9.57. The van der Waals surface area contributed by atoms with Crippen LogP contribution in [0.15, 0.2) is 12.3 Å². The molecule has 0 radical (unpaired) electrons. The van der Waals surface area contributed by atoms with Crippen LogP contribution in [0.1, 0.15) is 6.92 Å². The number of alkyl halides is 1. The van der Waals surface area contributed by atoms with E-state index in [2.05, 4.69) is 11.3 Å². The SMILES string of the molecule is C=C(OCCOCCCl)C(=O)OCC. The van der Waals surface area contributed by atoms with E-state index < -0.39 is 5.97 Å². The molecule has 14 heavy (non-hydrogen) atoms. The Hall–Kier alpha value is -0.740. The molecular formula is C9H15ClO4. The Balaban J connectivity index is 3.39. The first-order valence-electron chi connectivity index (χ1n) is 4.34. The summed E-state index contributed by atoms with van der Waals surface area (Å²) in [6, 6.07) is 0. The molecule has 0 heterocycles. The highest BCUT2D eigenvalue weighted by molar-refractivity contribution is 6.17. The Bertz CT molecular complexity index is 182. The largest absolute Gasteiger partial charge is 0.485 e. The van der Waals surface area contributed by atoms with Crippen LogP contribution in [-0.2, 0) is 19.0 Å². The van der Waals surface area contributed by atoms with Crippen LogP contribution in [0.2, 0.25) is 0 Å². The van der Waals surface area contributed by atoms with E-state index in [1.165, 1.54) is 0 Å². The Labute approximate surface area is 88.8 Å². The lowest BCUT2D eigenvalue weighted by Gasteiger charge is -2.07. The highest BCUT2D eigenvalue weighted by Gasteiger charge is 2.07. The molecule has 0 unspecified atom stereocenters. The van der Waals surface area contributed by atoms with E-state index >= 15 is 0 Å². The van der Waals surface area contributed by atoms with Crippen molar-refractivity contribution < 1.29 is 19.0 Å². The van der Waals surface area contributed by atoms with Crippen LogP contribution in [-0.4, -0.2) is 38.3 Å². The number of rotatable bonds is 8. The maximum atomic E-state index is 11.0. The van der Waals surface area contributed by atoms with Crippen molar-refractivity contribution in [3.05, 3.63) is 12.3 Å². The van der Waals surface area contributed by atoms with Crippen LogP contribution in [0.25, 0.3) is 0 Å². The predicted octanol–water partition coefficient (Wildman–Crippen LogP) is 1.34. The van der Waals surface area contributed by atoms with Crippen LogP contribution < -0.4 is 0 Å². The Morgan fingerprint density at radius 3 is 2.57 bits per heavy atom. The van der Waals surface area contributed by atoms with Gasteiger partial charge in [0, 0.05) is 5.88 Å². The molecule has 5 heteroatoms. The van der Waals surface area contributed by atoms with Crippen LogP contribution in [0, 0.1) is 0 Å². The van der Waals surface area contributed by atoms with Crippen LogP contribution >= 0.6 is 11.6 Å². The van der Waals surface area contributed by atoms with Crippen LogP contribution in [0.3, 0.4) is 0 Å². The molecule has 0 aliphatic carbocycles. The molecule has 0 amide bonds. The van der Waals surface area contributed by atoms with Crippen molar-refractivity contribution in [2.45, 2.75) is 6.92 Å². The van der Waals surface area contributed by atoms with Gasteiger partial charge in [-0.25, -0.2) is 4.79 Å². The number of hydrogen-bond donors (Lipinski definition) is 0. The molecule has 82 valence electrons. The fourth-order valence-electron chi connectivity index (χ4n) is 0.651. The van der Waals surface area contributed by atoms with Gasteiger partial charge in [0.1, 0.15) is 6.61 Å². The quantitative estimate of drug-likeness (QED) is 0.204. The van der Waals surface area contributed by atoms with Crippen molar-refractivity contribution >= 4 is 17.6 Å². The Morgan fingerprint density at radius 1 is 1.29 bits per heavy atom. The van der Waals surface area contributed by atoms with E-state index in [-0.39, 0.29) is 12.4 Å². The first-order valence-corrected chi connectivity index (χ1v) is 4.88. The summed E-state index contributed by atoms with van der Waals surface area (Å²) < 4.78 is 14.6. The summed E-state index contributed by atoms with van der Waals surface area (Å²) in [5, 5.41) is 0. The molecule has 0 atom stereocenters. The number of hydrogen-bond acceptors (Lipinski definition) is 4. The third-order valence-electron chi connectivity index (χ3n) is 1.23. The summed E-state index contributed by atoms with van der Waals surface area (Å²) in [6.45, 7) is 6.56. The average Bonchev–Trinajstić information content (AvgIpc) is 2.17. The summed E-state index contributed by atoms with van der Waals surface area (Å²) in [5.74, 6) is -0.0927. The summed E-state index contributed by atoms with van der Waals surface area (Å²) in [7, 11) is 0. The van der Waals surface area contributed by atoms with Crippen LogP contribution in [0.4, 0.5) is 0 Å². The smallest absolute Gasteiger partial charge is 0.372 e. The molecule has 0 spiro atoms. The zero-order valence-electron chi connectivity index (χ0n) is 8.25. The molecule has 0 aliphatic rings. The van der Waals surface area contributed by atoms with E-state index in [1.807, 2.05) is 0 Å². The third kappa shape index (κ3) is 6.74. The molecule has 0 aromatic rings. The third-order valence-corrected chi connectivity index (χ3v) is 1.38. The minimum atomic E-state index is -0.537. The molecule has 4 nitrogen and oxygen atoms in total. The Kier molecular flexibility index (Phi) is 8.37. The maximum absolute atomic E-state index is 11.0. The van der Waals surface area contributed by atoms with E-state index in [9.17, 15) is 4.79 Å². The molecule has 0 bridgehead atoms. The summed E-state index contributed by atoms with van der Waals surface area (Å²) in [6.07, 6.45) is 0. The number of halogens is 1. The zero-order chi connectivity index (χ0) is 10.8. The second-order valence-electron chi connectivity index (χ2n) is 2.29. The monoisotopic (exact) mass is 222 g/mol. The highest BCUT2D eigenvalue weighted by atomic mass is 35.5. The summed E-state index contributed by atoms with van der Waals surface area (Å²) in [4.78, 5) is 11.0. The molecule has 0 saturated carbocycles. The van der Waals surface area contributed by atoms with E-state index in [4.69, 9.17) is 21.1 Å². The first kappa shape index (κ1) is 13.3. The van der Waals surface area contributed by atoms with E-state index in [1.54, 1.807) is 6.92 Å². The lowest BCUT2D eigenvalue weighted by atomic mass is 10.5. The van der Waals surface area contributed by atoms with E-state index in [0.29, 0.717) is 25.7 Å².